The highest BCUT2D eigenvalue weighted by atomic mass is 35.5. The van der Waals surface area contributed by atoms with Gasteiger partial charge in [0.2, 0.25) is 17.2 Å². The number of halogens is 2. The van der Waals surface area contributed by atoms with Gasteiger partial charge < -0.3 is 15.4 Å². The maximum Gasteiger partial charge on any atom is 0.381 e. The molecule has 2 aromatic carbocycles. The number of fused-ring (bicyclic) bond motifs is 2. The summed E-state index contributed by atoms with van der Waals surface area (Å²) in [5, 5.41) is 15.2. The Bertz CT molecular complexity index is 1570. The number of rotatable bonds is 4. The van der Waals surface area contributed by atoms with Crippen LogP contribution < -0.4 is 15.3 Å². The minimum absolute atomic E-state index is 0.146. The molecule has 0 radical (unpaired) electrons. The molecule has 0 saturated heterocycles. The number of aromatic nitrogens is 4. The van der Waals surface area contributed by atoms with Gasteiger partial charge in [0, 0.05) is 29.8 Å². The number of nitrogens with one attached hydrogen (secondary N) is 2. The molecule has 0 saturated carbocycles. The number of H-pyrrole nitrogens is 1. The van der Waals surface area contributed by atoms with Gasteiger partial charge in [-0.15, -0.1) is 4.57 Å². The molecule has 5 rings (SSSR count). The molecule has 0 bridgehead atoms. The lowest BCUT2D eigenvalue weighted by Gasteiger charge is -2.17. The normalized spacial score (nSPS) is 12.2. The monoisotopic (exact) mass is 462 g/mol. The van der Waals surface area contributed by atoms with Gasteiger partial charge in [-0.1, -0.05) is 41.9 Å². The molecule has 3 N–H and O–H groups in total. The summed E-state index contributed by atoms with van der Waals surface area (Å²) in [6, 6.07) is 14.3. The Morgan fingerprint density at radius 2 is 1.88 bits per heavy atom. The van der Waals surface area contributed by atoms with Crippen molar-refractivity contribution in [2.45, 2.75) is 13.0 Å². The van der Waals surface area contributed by atoms with E-state index in [1.165, 1.54) is 23.2 Å². The number of pyridine rings is 2. The molecule has 9 heteroatoms. The van der Waals surface area contributed by atoms with Crippen LogP contribution in [0.2, 0.25) is 5.02 Å². The molecule has 0 aliphatic heterocycles. The van der Waals surface area contributed by atoms with Gasteiger partial charge in [0.15, 0.2) is 5.43 Å². The first-order valence-corrected chi connectivity index (χ1v) is 10.5. The topological polar surface area (TPSA) is 94.8 Å². The third-order valence-corrected chi connectivity index (χ3v) is 5.79. The van der Waals surface area contributed by atoms with Gasteiger partial charge in [-0.05, 0) is 13.0 Å². The molecule has 3 aromatic heterocycles. The molecule has 0 amide bonds. The van der Waals surface area contributed by atoms with E-state index in [1.54, 1.807) is 49.4 Å². The van der Waals surface area contributed by atoms with E-state index in [0.717, 1.165) is 0 Å². The highest BCUT2D eigenvalue weighted by Gasteiger charge is 2.34. The maximum atomic E-state index is 16.0. The molecule has 0 aliphatic rings. The van der Waals surface area contributed by atoms with Crippen molar-refractivity contribution in [3.05, 3.63) is 93.9 Å². The van der Waals surface area contributed by atoms with Gasteiger partial charge in [-0.2, -0.15) is 4.39 Å². The molecule has 3 heterocycles. The van der Waals surface area contributed by atoms with Crippen LogP contribution in [-0.4, -0.2) is 20.1 Å². The molecule has 7 nitrogen and oxygen atoms in total. The van der Waals surface area contributed by atoms with Gasteiger partial charge in [-0.3, -0.25) is 4.79 Å². The van der Waals surface area contributed by atoms with E-state index in [2.05, 4.69) is 20.3 Å². The standard InChI is InChI=1S/C24H17ClFN5O2/c1-13(30-23-19-17(32)10-11-27-22(19)28-12-29-23)21-20(26)15-8-5-9-16(25)18(15)24(33)31(21)14-6-3-2-4-7-14/h2-13H,1H3,(H2,27,28,29,30,32)/p+1/t13-/m0/s1. The Kier molecular flexibility index (Phi) is 5.14. The van der Waals surface area contributed by atoms with Gasteiger partial charge in [0.05, 0.1) is 5.02 Å². The lowest BCUT2D eigenvalue weighted by Crippen LogP contribution is -2.40. The number of aromatic hydroxyl groups is 1. The fourth-order valence-electron chi connectivity index (χ4n) is 4.01. The second kappa shape index (κ2) is 8.14. The van der Waals surface area contributed by atoms with E-state index >= 15 is 4.39 Å². The van der Waals surface area contributed by atoms with Crippen LogP contribution in [-0.2, 0) is 0 Å². The van der Waals surface area contributed by atoms with Crippen molar-refractivity contribution in [1.29, 1.82) is 0 Å². The van der Waals surface area contributed by atoms with E-state index in [4.69, 9.17) is 11.6 Å². The molecule has 0 fully saturated rings. The number of benzene rings is 2. The lowest BCUT2D eigenvalue weighted by molar-refractivity contribution is -0.613. The molecule has 0 unspecified atom stereocenters. The van der Waals surface area contributed by atoms with Crippen LogP contribution in [0.15, 0.2) is 71.9 Å². The second-order valence-corrected chi connectivity index (χ2v) is 7.92. The molecule has 0 spiro atoms. The molecule has 164 valence electrons. The highest BCUT2D eigenvalue weighted by Crippen LogP contribution is 2.35. The smallest absolute Gasteiger partial charge is 0.381 e. The number of nitrogens with zero attached hydrogens (tertiary/aromatic N) is 3. The average Bonchev–Trinajstić information content (AvgIpc) is 2.81. The summed E-state index contributed by atoms with van der Waals surface area (Å²) in [7, 11) is 0. The summed E-state index contributed by atoms with van der Waals surface area (Å²) in [5.41, 5.74) is 0.776. The zero-order chi connectivity index (χ0) is 23.1. The van der Waals surface area contributed by atoms with Gasteiger partial charge in [0.25, 0.3) is 0 Å². The van der Waals surface area contributed by atoms with E-state index in [9.17, 15) is 9.90 Å². The van der Waals surface area contributed by atoms with Crippen LogP contribution in [0, 0.1) is 5.82 Å². The first-order valence-electron chi connectivity index (χ1n) is 10.2. The first kappa shape index (κ1) is 20.8. The molecule has 0 aliphatic carbocycles. The van der Waals surface area contributed by atoms with Crippen LogP contribution in [0.3, 0.4) is 0 Å². The van der Waals surface area contributed by atoms with Crippen LogP contribution in [0.1, 0.15) is 18.7 Å². The van der Waals surface area contributed by atoms with Crippen LogP contribution in [0.5, 0.6) is 5.88 Å². The Morgan fingerprint density at radius 1 is 1.09 bits per heavy atom. The second-order valence-electron chi connectivity index (χ2n) is 7.51. The summed E-state index contributed by atoms with van der Waals surface area (Å²) in [4.78, 5) is 23.7. The molecule has 1 atom stereocenters. The summed E-state index contributed by atoms with van der Waals surface area (Å²) < 4.78 is 17.4. The van der Waals surface area contributed by atoms with Gasteiger partial charge in [-0.25, -0.2) is 9.97 Å². The van der Waals surface area contributed by atoms with Gasteiger partial charge >= 0.3 is 5.88 Å². The maximum absolute atomic E-state index is 16.0. The van der Waals surface area contributed by atoms with Crippen LogP contribution >= 0.6 is 11.6 Å². The van der Waals surface area contributed by atoms with E-state index < -0.39 is 11.9 Å². The Balaban J connectivity index is 1.76. The number of hydrogen-bond donors (Lipinski definition) is 3. The van der Waals surface area contributed by atoms with E-state index in [-0.39, 0.29) is 44.0 Å². The Labute approximate surface area is 192 Å². The fourth-order valence-corrected chi connectivity index (χ4v) is 4.27. The van der Waals surface area contributed by atoms with Crippen molar-refractivity contribution < 1.29 is 14.1 Å². The van der Waals surface area contributed by atoms with E-state index in [0.29, 0.717) is 11.3 Å². The minimum Gasteiger partial charge on any atom is -0.459 e. The molecule has 33 heavy (non-hydrogen) atoms. The lowest BCUT2D eigenvalue weighted by atomic mass is 10.1. The van der Waals surface area contributed by atoms with Crippen molar-refractivity contribution in [1.82, 2.24) is 15.0 Å². The molecular formula is C24H18ClFN5O2+. The predicted octanol–water partition coefficient (Wildman–Crippen LogP) is 4.42. The van der Waals surface area contributed by atoms with Crippen molar-refractivity contribution in [3.63, 3.8) is 0 Å². The van der Waals surface area contributed by atoms with Crippen LogP contribution in [0.25, 0.3) is 27.5 Å². The van der Waals surface area contributed by atoms with Crippen molar-refractivity contribution in [3.8, 4) is 11.6 Å². The van der Waals surface area contributed by atoms with Gasteiger partial charge in [0.1, 0.15) is 34.6 Å². The molecular weight excluding hydrogens is 445 g/mol. The third kappa shape index (κ3) is 3.44. The van der Waals surface area contributed by atoms with Crippen molar-refractivity contribution in [2.75, 3.05) is 5.32 Å². The summed E-state index contributed by atoms with van der Waals surface area (Å²) >= 11 is 6.33. The highest BCUT2D eigenvalue weighted by molar-refractivity contribution is 6.35. The Morgan fingerprint density at radius 3 is 2.67 bits per heavy atom. The van der Waals surface area contributed by atoms with Crippen LogP contribution in [0.4, 0.5) is 10.2 Å². The number of hydrogen-bond acceptors (Lipinski definition) is 5. The largest absolute Gasteiger partial charge is 0.459 e. The zero-order valence-electron chi connectivity index (χ0n) is 17.4. The average molecular weight is 463 g/mol. The summed E-state index contributed by atoms with van der Waals surface area (Å²) in [6.07, 6.45) is 2.81. The Hall–Kier alpha value is -4.04. The van der Waals surface area contributed by atoms with Crippen molar-refractivity contribution >= 4 is 39.2 Å². The predicted molar refractivity (Wildman–Crippen MR) is 124 cm³/mol. The number of anilines is 1. The zero-order valence-corrected chi connectivity index (χ0v) is 18.1. The third-order valence-electron chi connectivity index (χ3n) is 5.48. The minimum atomic E-state index is -0.711. The van der Waals surface area contributed by atoms with E-state index in [1.807, 2.05) is 6.07 Å². The number of para-hydroxylation sites is 1. The summed E-state index contributed by atoms with van der Waals surface area (Å²) in [6.45, 7) is 1.72. The number of aromatic amines is 1. The molecule has 5 aromatic rings. The fraction of sp³-hybridized carbons (Fsp3) is 0.0833. The quantitative estimate of drug-likeness (QED) is 0.344. The summed E-state index contributed by atoms with van der Waals surface area (Å²) in [5.74, 6) is -0.502. The SMILES string of the molecule is C[C@H](Nc1ncnc2[nH]ccc(=O)c12)c1c(F)c2cccc(Cl)c2c(O)[n+]1-c1ccccc1. The van der Waals surface area contributed by atoms with Crippen molar-refractivity contribution in [2.24, 2.45) is 0 Å². The first-order chi connectivity index (χ1) is 16.0.